The van der Waals surface area contributed by atoms with Crippen molar-refractivity contribution in [2.24, 2.45) is 0 Å². The van der Waals surface area contributed by atoms with Crippen LogP contribution in [0.3, 0.4) is 0 Å². The monoisotopic (exact) mass is 393 g/mol. The highest BCUT2D eigenvalue weighted by atomic mass is 16.5. The van der Waals surface area contributed by atoms with Crippen LogP contribution < -0.4 is 14.4 Å². The smallest absolute Gasteiger partial charge is 0.260 e. The first-order chi connectivity index (χ1) is 14.1. The molecule has 0 fully saturated rings. The number of hydrogen-bond donors (Lipinski definition) is 0. The summed E-state index contributed by atoms with van der Waals surface area (Å²) in [5.41, 5.74) is 3.67. The molecular weight excluding hydrogens is 370 g/mol. The quantitative estimate of drug-likeness (QED) is 0.612. The molecule has 1 amide bonds. The van der Waals surface area contributed by atoms with E-state index in [2.05, 4.69) is 10.1 Å². The van der Waals surface area contributed by atoms with E-state index in [0.717, 1.165) is 29.2 Å². The molecule has 3 aromatic heterocycles. The molecule has 29 heavy (non-hydrogen) atoms. The summed E-state index contributed by atoms with van der Waals surface area (Å²) >= 11 is 0. The zero-order valence-corrected chi connectivity index (χ0v) is 16.8. The molecule has 0 radical (unpaired) electrons. The van der Waals surface area contributed by atoms with E-state index in [-0.39, 0.29) is 5.91 Å². The fraction of sp³-hybridized carbons (Fsp3) is 0.333. The highest BCUT2D eigenvalue weighted by molar-refractivity contribution is 6.09. The lowest BCUT2D eigenvalue weighted by Gasteiger charge is -2.12. The molecule has 0 aliphatic carbocycles. The van der Waals surface area contributed by atoms with Crippen LogP contribution >= 0.6 is 0 Å². The molecule has 4 heterocycles. The fourth-order valence-electron chi connectivity index (χ4n) is 3.29. The number of ether oxygens (including phenoxy) is 2. The highest BCUT2D eigenvalue weighted by Gasteiger charge is 2.31. The largest absolute Gasteiger partial charge is 0.488 e. The number of pyridine rings is 2. The van der Waals surface area contributed by atoms with Gasteiger partial charge < -0.3 is 9.47 Å². The van der Waals surface area contributed by atoms with Crippen molar-refractivity contribution in [3.05, 3.63) is 48.0 Å². The summed E-state index contributed by atoms with van der Waals surface area (Å²) < 4.78 is 13.0. The molecule has 0 unspecified atom stereocenters. The van der Waals surface area contributed by atoms with Gasteiger partial charge in [0.05, 0.1) is 48.6 Å². The minimum atomic E-state index is -0.0606. The average molecular weight is 393 g/mol. The molecular formula is C21H23N5O3. The number of carbonyl (C=O) groups excluding carboxylic acids is 1. The SMILES string of the molecule is CCOc1cc(-c2ccc3c(n2)CN(c2cnn(CC)c2)C3=O)cnc1OCC. The third-order valence-electron chi connectivity index (χ3n) is 4.71. The minimum absolute atomic E-state index is 0.0606. The van der Waals surface area contributed by atoms with Crippen molar-refractivity contribution in [2.45, 2.75) is 33.9 Å². The van der Waals surface area contributed by atoms with Gasteiger partial charge in [-0.3, -0.25) is 19.4 Å². The second-order valence-electron chi connectivity index (χ2n) is 6.53. The first kappa shape index (κ1) is 18.9. The van der Waals surface area contributed by atoms with Crippen molar-refractivity contribution in [3.8, 4) is 22.9 Å². The van der Waals surface area contributed by atoms with Crippen molar-refractivity contribution in [3.63, 3.8) is 0 Å². The molecule has 0 atom stereocenters. The van der Waals surface area contributed by atoms with Gasteiger partial charge in [0.2, 0.25) is 0 Å². The second kappa shape index (κ2) is 7.90. The van der Waals surface area contributed by atoms with Crippen LogP contribution in [0.1, 0.15) is 36.8 Å². The van der Waals surface area contributed by atoms with E-state index in [4.69, 9.17) is 14.5 Å². The van der Waals surface area contributed by atoms with Crippen LogP contribution in [0, 0.1) is 0 Å². The molecule has 8 heteroatoms. The summed E-state index contributed by atoms with van der Waals surface area (Å²) in [5.74, 6) is 0.988. The summed E-state index contributed by atoms with van der Waals surface area (Å²) in [4.78, 5) is 23.6. The van der Waals surface area contributed by atoms with Crippen molar-refractivity contribution >= 4 is 11.6 Å². The molecule has 0 spiro atoms. The number of anilines is 1. The maximum atomic E-state index is 12.8. The van der Waals surface area contributed by atoms with Crippen molar-refractivity contribution in [2.75, 3.05) is 18.1 Å². The average Bonchev–Trinajstić information content (AvgIpc) is 3.34. The topological polar surface area (TPSA) is 82.4 Å². The lowest BCUT2D eigenvalue weighted by Crippen LogP contribution is -2.22. The van der Waals surface area contributed by atoms with E-state index >= 15 is 0 Å². The van der Waals surface area contributed by atoms with Gasteiger partial charge in [0, 0.05) is 24.5 Å². The van der Waals surface area contributed by atoms with Gasteiger partial charge >= 0.3 is 0 Å². The fourth-order valence-corrected chi connectivity index (χ4v) is 3.29. The Morgan fingerprint density at radius 3 is 2.66 bits per heavy atom. The molecule has 150 valence electrons. The Labute approximate surface area is 169 Å². The van der Waals surface area contributed by atoms with Crippen LogP contribution in [-0.4, -0.2) is 38.9 Å². The van der Waals surface area contributed by atoms with Crippen LogP contribution in [-0.2, 0) is 13.1 Å². The van der Waals surface area contributed by atoms with E-state index < -0.39 is 0 Å². The molecule has 1 aliphatic heterocycles. The van der Waals surface area contributed by atoms with Gasteiger partial charge in [-0.1, -0.05) is 0 Å². The molecule has 4 rings (SSSR count). The highest BCUT2D eigenvalue weighted by Crippen LogP contribution is 2.32. The zero-order valence-electron chi connectivity index (χ0n) is 16.8. The number of aryl methyl sites for hydroxylation is 1. The Hall–Kier alpha value is -3.42. The summed E-state index contributed by atoms with van der Waals surface area (Å²) in [7, 11) is 0. The van der Waals surface area contributed by atoms with Crippen LogP contribution in [0.5, 0.6) is 11.6 Å². The number of carbonyl (C=O) groups is 1. The van der Waals surface area contributed by atoms with Crippen molar-refractivity contribution in [1.82, 2.24) is 19.7 Å². The molecule has 0 N–H and O–H groups in total. The molecule has 3 aromatic rings. The summed E-state index contributed by atoms with van der Waals surface area (Å²) in [6.07, 6.45) is 5.29. The van der Waals surface area contributed by atoms with Gasteiger partial charge in [-0.25, -0.2) is 4.98 Å². The second-order valence-corrected chi connectivity index (χ2v) is 6.53. The Balaban J connectivity index is 1.64. The van der Waals surface area contributed by atoms with Crippen molar-refractivity contribution in [1.29, 1.82) is 0 Å². The van der Waals surface area contributed by atoms with Gasteiger partial charge in [-0.05, 0) is 39.0 Å². The number of hydrogen-bond acceptors (Lipinski definition) is 6. The Morgan fingerprint density at radius 2 is 1.93 bits per heavy atom. The maximum absolute atomic E-state index is 12.8. The number of nitrogens with zero attached hydrogens (tertiary/aromatic N) is 5. The normalized spacial score (nSPS) is 12.9. The van der Waals surface area contributed by atoms with E-state index in [1.165, 1.54) is 0 Å². The Morgan fingerprint density at radius 1 is 1.10 bits per heavy atom. The summed E-state index contributed by atoms with van der Waals surface area (Å²) in [6.45, 7) is 8.02. The molecule has 0 saturated carbocycles. The lowest BCUT2D eigenvalue weighted by atomic mass is 10.1. The van der Waals surface area contributed by atoms with E-state index in [0.29, 0.717) is 37.0 Å². The predicted octanol–water partition coefficient (Wildman–Crippen LogP) is 3.32. The summed E-state index contributed by atoms with van der Waals surface area (Å²) in [6, 6.07) is 5.53. The Kier molecular flexibility index (Phi) is 5.16. The lowest BCUT2D eigenvalue weighted by molar-refractivity contribution is 0.0996. The first-order valence-corrected chi connectivity index (χ1v) is 9.74. The van der Waals surface area contributed by atoms with Gasteiger partial charge in [0.15, 0.2) is 5.75 Å². The van der Waals surface area contributed by atoms with E-state index in [1.807, 2.05) is 45.2 Å². The number of amides is 1. The number of rotatable bonds is 7. The Bertz CT molecular complexity index is 1050. The van der Waals surface area contributed by atoms with Gasteiger partial charge in [0.1, 0.15) is 0 Å². The van der Waals surface area contributed by atoms with Crippen LogP contribution in [0.25, 0.3) is 11.3 Å². The number of aromatic nitrogens is 4. The van der Waals surface area contributed by atoms with Crippen LogP contribution in [0.15, 0.2) is 36.8 Å². The minimum Gasteiger partial charge on any atom is -0.488 e. The molecule has 0 saturated heterocycles. The van der Waals surface area contributed by atoms with Gasteiger partial charge in [0.25, 0.3) is 11.8 Å². The van der Waals surface area contributed by atoms with Crippen molar-refractivity contribution < 1.29 is 14.3 Å². The predicted molar refractivity (Wildman–Crippen MR) is 108 cm³/mol. The first-order valence-electron chi connectivity index (χ1n) is 9.74. The van der Waals surface area contributed by atoms with E-state index in [1.54, 1.807) is 22.0 Å². The van der Waals surface area contributed by atoms with Crippen LogP contribution in [0.4, 0.5) is 5.69 Å². The van der Waals surface area contributed by atoms with Gasteiger partial charge in [-0.15, -0.1) is 0 Å². The van der Waals surface area contributed by atoms with Crippen LogP contribution in [0.2, 0.25) is 0 Å². The summed E-state index contributed by atoms with van der Waals surface area (Å²) in [5, 5.41) is 4.26. The third-order valence-corrected chi connectivity index (χ3v) is 4.71. The molecule has 0 bridgehead atoms. The molecule has 0 aromatic carbocycles. The van der Waals surface area contributed by atoms with Gasteiger partial charge in [-0.2, -0.15) is 5.10 Å². The standard InChI is InChI=1S/C21H23N5O3/c1-4-25-12-15(11-23-25)26-13-18-16(21(26)27)7-8-17(24-18)14-9-19(28-5-2)20(22-10-14)29-6-3/h7-12H,4-6,13H2,1-3H3. The molecule has 8 nitrogen and oxygen atoms in total. The zero-order chi connectivity index (χ0) is 20.4. The number of fused-ring (bicyclic) bond motifs is 1. The molecule has 1 aliphatic rings. The maximum Gasteiger partial charge on any atom is 0.260 e. The van der Waals surface area contributed by atoms with E-state index in [9.17, 15) is 4.79 Å². The third kappa shape index (κ3) is 3.53.